The molecule has 1 heterocycles. The highest BCUT2D eigenvalue weighted by atomic mass is 19.4. The van der Waals surface area contributed by atoms with E-state index in [-0.39, 0.29) is 23.4 Å². The molecule has 1 aliphatic carbocycles. The number of primary amides is 1. The zero-order valence-corrected chi connectivity index (χ0v) is 19.1. The van der Waals surface area contributed by atoms with Gasteiger partial charge in [-0.25, -0.2) is 9.78 Å². The van der Waals surface area contributed by atoms with Crippen LogP contribution in [-0.4, -0.2) is 34.9 Å². The molecule has 7 nitrogen and oxygen atoms in total. The summed E-state index contributed by atoms with van der Waals surface area (Å²) in [7, 11) is 1.30. The van der Waals surface area contributed by atoms with Crippen LogP contribution in [0, 0.1) is 6.92 Å². The average molecular weight is 470 g/mol. The molecule has 0 aliphatic heterocycles. The van der Waals surface area contributed by atoms with Crippen molar-refractivity contribution < 1.29 is 32.2 Å². The first-order valence-electron chi connectivity index (χ1n) is 10.9. The highest BCUT2D eigenvalue weighted by Crippen LogP contribution is 2.35. The molecule has 0 saturated heterocycles. The first kappa shape index (κ1) is 26.2. The Hall–Kier alpha value is -3.04. The fourth-order valence-electron chi connectivity index (χ4n) is 3.85. The van der Waals surface area contributed by atoms with Gasteiger partial charge in [0.2, 0.25) is 5.91 Å². The van der Waals surface area contributed by atoms with Crippen LogP contribution < -0.4 is 10.5 Å². The van der Waals surface area contributed by atoms with Crippen LogP contribution in [-0.2, 0) is 9.53 Å². The molecule has 1 amide bonds. The quantitative estimate of drug-likeness (QED) is 0.578. The number of ether oxygens (including phenoxy) is 2. The number of imidazole rings is 1. The molecule has 1 aromatic carbocycles. The number of nitrogens with two attached hydrogens (primary N) is 1. The summed E-state index contributed by atoms with van der Waals surface area (Å²) in [5, 5.41) is 0. The van der Waals surface area contributed by atoms with Crippen molar-refractivity contribution in [3.05, 3.63) is 35.7 Å². The van der Waals surface area contributed by atoms with E-state index in [0.29, 0.717) is 23.5 Å². The van der Waals surface area contributed by atoms with Crippen molar-refractivity contribution in [3.63, 3.8) is 0 Å². The molecule has 0 unspecified atom stereocenters. The van der Waals surface area contributed by atoms with Gasteiger partial charge in [-0.15, -0.1) is 13.2 Å². The van der Waals surface area contributed by atoms with E-state index in [9.17, 15) is 22.8 Å². The van der Waals surface area contributed by atoms with Crippen LogP contribution in [0.15, 0.2) is 24.3 Å². The summed E-state index contributed by atoms with van der Waals surface area (Å²) in [5.41, 5.74) is 6.32. The first-order valence-corrected chi connectivity index (χ1v) is 10.9. The topological polar surface area (TPSA) is 96.4 Å². The van der Waals surface area contributed by atoms with E-state index >= 15 is 0 Å². The molecule has 10 heteroatoms. The number of amides is 1. The van der Waals surface area contributed by atoms with Crippen molar-refractivity contribution in [1.29, 1.82) is 0 Å². The summed E-state index contributed by atoms with van der Waals surface area (Å²) in [5.74, 6) is -0.483. The Morgan fingerprint density at radius 3 is 2.21 bits per heavy atom. The van der Waals surface area contributed by atoms with Gasteiger partial charge < -0.3 is 19.8 Å². The lowest BCUT2D eigenvalue weighted by Crippen LogP contribution is -2.17. The van der Waals surface area contributed by atoms with E-state index in [1.807, 2.05) is 18.4 Å². The molecular formula is C23H30F3N3O4. The zero-order valence-electron chi connectivity index (χ0n) is 19.1. The zero-order chi connectivity index (χ0) is 24.6. The number of nitrogens with zero attached hydrogens (tertiary/aromatic N) is 2. The molecule has 0 spiro atoms. The Labute approximate surface area is 191 Å². The SMILES string of the molecule is CCCC(N)=O.COC(=O)c1nc(-c2ccc(OC(F)(F)F)cc2)n(C2CCCCC2)c1C. The first-order chi connectivity index (χ1) is 15.6. The van der Waals surface area contributed by atoms with Crippen LogP contribution >= 0.6 is 0 Å². The van der Waals surface area contributed by atoms with Gasteiger partial charge in [-0.3, -0.25) is 4.79 Å². The third-order valence-electron chi connectivity index (χ3n) is 5.31. The molecule has 2 N–H and O–H groups in total. The molecule has 0 atom stereocenters. The van der Waals surface area contributed by atoms with Gasteiger partial charge in [0.1, 0.15) is 11.6 Å². The normalized spacial score (nSPS) is 14.2. The molecule has 33 heavy (non-hydrogen) atoms. The van der Waals surface area contributed by atoms with Crippen LogP contribution in [0.2, 0.25) is 0 Å². The predicted molar refractivity (Wildman–Crippen MR) is 117 cm³/mol. The summed E-state index contributed by atoms with van der Waals surface area (Å²) in [4.78, 5) is 26.4. The highest BCUT2D eigenvalue weighted by Gasteiger charge is 2.31. The van der Waals surface area contributed by atoms with E-state index in [4.69, 9.17) is 10.5 Å². The minimum Gasteiger partial charge on any atom is -0.464 e. The number of esters is 1. The molecule has 1 fully saturated rings. The van der Waals surface area contributed by atoms with Crippen LogP contribution in [0.4, 0.5) is 13.2 Å². The van der Waals surface area contributed by atoms with Crippen molar-refractivity contribution in [2.45, 2.75) is 71.2 Å². The Bertz CT molecular complexity index is 934. The van der Waals surface area contributed by atoms with E-state index in [1.54, 1.807) is 0 Å². The lowest BCUT2D eigenvalue weighted by Gasteiger charge is -2.26. The van der Waals surface area contributed by atoms with Crippen LogP contribution in [0.5, 0.6) is 5.75 Å². The minimum absolute atomic E-state index is 0.200. The maximum Gasteiger partial charge on any atom is 0.573 e. The Morgan fingerprint density at radius 1 is 1.15 bits per heavy atom. The van der Waals surface area contributed by atoms with Gasteiger partial charge in [0.25, 0.3) is 0 Å². The molecule has 0 radical (unpaired) electrons. The summed E-state index contributed by atoms with van der Waals surface area (Å²) < 4.78 is 47.9. The van der Waals surface area contributed by atoms with Crippen LogP contribution in [0.1, 0.15) is 74.1 Å². The standard InChI is InChI=1S/C19H21F3N2O3.C4H9NO/c1-12-16(18(25)26-2)23-17(24(12)14-6-4-3-5-7-14)13-8-10-15(11-9-13)27-19(20,21)22;1-2-3-4(5)6/h8-11,14H,3-7H2,1-2H3;2-3H2,1H3,(H2,5,6). The maximum atomic E-state index is 12.4. The number of hydrogen-bond donors (Lipinski definition) is 1. The molecular weight excluding hydrogens is 439 g/mol. The Balaban J connectivity index is 0.000000569. The average Bonchev–Trinajstić information content (AvgIpc) is 3.10. The summed E-state index contributed by atoms with van der Waals surface area (Å²) in [6.45, 7) is 3.74. The molecule has 1 saturated carbocycles. The molecule has 1 aliphatic rings. The predicted octanol–water partition coefficient (Wildman–Crippen LogP) is 5.32. The molecule has 2 aromatic rings. The maximum absolute atomic E-state index is 12.4. The van der Waals surface area contributed by atoms with Crippen molar-refractivity contribution >= 4 is 11.9 Å². The number of hydrogen-bond acceptors (Lipinski definition) is 5. The lowest BCUT2D eigenvalue weighted by atomic mass is 9.94. The fraction of sp³-hybridized carbons (Fsp3) is 0.522. The van der Waals surface area contributed by atoms with Crippen molar-refractivity contribution in [2.24, 2.45) is 5.73 Å². The number of halogens is 3. The monoisotopic (exact) mass is 469 g/mol. The molecule has 1 aromatic heterocycles. The van der Waals surface area contributed by atoms with Crippen LogP contribution in [0.25, 0.3) is 11.4 Å². The second kappa shape index (κ2) is 11.7. The number of rotatable bonds is 6. The lowest BCUT2D eigenvalue weighted by molar-refractivity contribution is -0.274. The Morgan fingerprint density at radius 2 is 1.76 bits per heavy atom. The second-order valence-corrected chi connectivity index (χ2v) is 7.81. The van der Waals surface area contributed by atoms with Gasteiger partial charge in [0.15, 0.2) is 5.69 Å². The van der Waals surface area contributed by atoms with Gasteiger partial charge in [-0.1, -0.05) is 26.2 Å². The fourth-order valence-corrected chi connectivity index (χ4v) is 3.85. The van der Waals surface area contributed by atoms with Gasteiger partial charge >= 0.3 is 12.3 Å². The number of aromatic nitrogens is 2. The minimum atomic E-state index is -4.74. The smallest absolute Gasteiger partial charge is 0.464 e. The van der Waals surface area contributed by atoms with Gasteiger partial charge in [-0.2, -0.15) is 0 Å². The summed E-state index contributed by atoms with van der Waals surface area (Å²) >= 11 is 0. The highest BCUT2D eigenvalue weighted by molar-refractivity contribution is 5.89. The van der Waals surface area contributed by atoms with E-state index < -0.39 is 12.3 Å². The number of benzene rings is 1. The molecule has 0 bridgehead atoms. The van der Waals surface area contributed by atoms with E-state index in [0.717, 1.165) is 32.1 Å². The van der Waals surface area contributed by atoms with Crippen molar-refractivity contribution in [2.75, 3.05) is 7.11 Å². The largest absolute Gasteiger partial charge is 0.573 e. The second-order valence-electron chi connectivity index (χ2n) is 7.81. The van der Waals surface area contributed by atoms with E-state index in [1.165, 1.54) is 37.8 Å². The van der Waals surface area contributed by atoms with Crippen molar-refractivity contribution in [1.82, 2.24) is 9.55 Å². The summed E-state index contributed by atoms with van der Waals surface area (Å²) in [6, 6.07) is 5.73. The molecule has 182 valence electrons. The van der Waals surface area contributed by atoms with Gasteiger partial charge in [0.05, 0.1) is 7.11 Å². The third kappa shape index (κ3) is 7.50. The summed E-state index contributed by atoms with van der Waals surface area (Å²) in [6.07, 6.45) is 1.93. The number of alkyl halides is 3. The van der Waals surface area contributed by atoms with E-state index in [2.05, 4.69) is 9.72 Å². The Kier molecular flexibility index (Phi) is 9.31. The number of carbonyl (C=O) groups excluding carboxylic acids is 2. The third-order valence-corrected chi connectivity index (χ3v) is 5.31. The van der Waals surface area contributed by atoms with Crippen molar-refractivity contribution in [3.8, 4) is 17.1 Å². The number of carbonyl (C=O) groups is 2. The van der Waals surface area contributed by atoms with Gasteiger partial charge in [0, 0.05) is 23.7 Å². The van der Waals surface area contributed by atoms with Crippen LogP contribution in [0.3, 0.4) is 0 Å². The van der Waals surface area contributed by atoms with Gasteiger partial charge in [-0.05, 0) is 50.5 Å². The molecule has 3 rings (SSSR count). The number of methoxy groups -OCH3 is 1.